The number of carboxylic acids is 1. The first-order valence-corrected chi connectivity index (χ1v) is 4.15. The SMILES string of the molecule is O=C(O)c1cc(Cl)cc(CCO)c1. The Bertz CT molecular complexity index is 323. The minimum Gasteiger partial charge on any atom is -0.478 e. The van der Waals surface area contributed by atoms with Gasteiger partial charge in [0.2, 0.25) is 0 Å². The number of aliphatic hydroxyl groups is 1. The van der Waals surface area contributed by atoms with Crippen molar-refractivity contribution in [2.24, 2.45) is 0 Å². The van der Waals surface area contributed by atoms with E-state index in [1.165, 1.54) is 12.1 Å². The molecule has 0 saturated carbocycles. The van der Waals surface area contributed by atoms with Crippen molar-refractivity contribution in [2.45, 2.75) is 6.42 Å². The summed E-state index contributed by atoms with van der Waals surface area (Å²) in [5, 5.41) is 17.7. The number of carbonyl (C=O) groups is 1. The number of aromatic carboxylic acids is 1. The molecular weight excluding hydrogens is 192 g/mol. The van der Waals surface area contributed by atoms with Crippen molar-refractivity contribution in [3.63, 3.8) is 0 Å². The van der Waals surface area contributed by atoms with Gasteiger partial charge in [0, 0.05) is 11.6 Å². The lowest BCUT2D eigenvalue weighted by molar-refractivity contribution is 0.0696. The number of hydrogen-bond donors (Lipinski definition) is 2. The highest BCUT2D eigenvalue weighted by Gasteiger charge is 2.05. The van der Waals surface area contributed by atoms with Crippen LogP contribution in [0, 0.1) is 0 Å². The number of aliphatic hydroxyl groups excluding tert-OH is 1. The van der Waals surface area contributed by atoms with Crippen LogP contribution in [0.3, 0.4) is 0 Å². The van der Waals surface area contributed by atoms with Crippen molar-refractivity contribution >= 4 is 17.6 Å². The molecule has 1 aromatic carbocycles. The van der Waals surface area contributed by atoms with Crippen LogP contribution in [-0.2, 0) is 6.42 Å². The Morgan fingerprint density at radius 3 is 2.62 bits per heavy atom. The molecule has 0 aliphatic carbocycles. The fourth-order valence-electron chi connectivity index (χ4n) is 1.05. The molecule has 0 atom stereocenters. The molecule has 4 heteroatoms. The highest BCUT2D eigenvalue weighted by Crippen LogP contribution is 2.15. The van der Waals surface area contributed by atoms with Crippen LogP contribution in [0.4, 0.5) is 0 Å². The van der Waals surface area contributed by atoms with E-state index in [0.29, 0.717) is 11.4 Å². The summed E-state index contributed by atoms with van der Waals surface area (Å²) in [5.41, 5.74) is 0.878. The van der Waals surface area contributed by atoms with Gasteiger partial charge < -0.3 is 10.2 Å². The van der Waals surface area contributed by atoms with Crippen LogP contribution in [0.1, 0.15) is 15.9 Å². The smallest absolute Gasteiger partial charge is 0.335 e. The van der Waals surface area contributed by atoms with Crippen LogP contribution in [0.15, 0.2) is 18.2 Å². The minimum absolute atomic E-state index is 0.0145. The van der Waals surface area contributed by atoms with Gasteiger partial charge in [0.25, 0.3) is 0 Å². The Morgan fingerprint density at radius 2 is 2.08 bits per heavy atom. The van der Waals surface area contributed by atoms with Gasteiger partial charge in [-0.15, -0.1) is 0 Å². The number of hydrogen-bond acceptors (Lipinski definition) is 2. The molecule has 0 bridgehead atoms. The average Bonchev–Trinajstić information content (AvgIpc) is 2.03. The Kier molecular flexibility index (Phi) is 3.28. The normalized spacial score (nSPS) is 10.0. The Balaban J connectivity index is 3.03. The average molecular weight is 201 g/mol. The van der Waals surface area contributed by atoms with Crippen LogP contribution in [-0.4, -0.2) is 22.8 Å². The third-order valence-electron chi connectivity index (χ3n) is 1.60. The standard InChI is InChI=1S/C9H9ClO3/c10-8-4-6(1-2-11)3-7(5-8)9(12)13/h3-5,11H,1-2H2,(H,12,13). The summed E-state index contributed by atoms with van der Waals surface area (Å²) in [7, 11) is 0. The summed E-state index contributed by atoms with van der Waals surface area (Å²) in [6.45, 7) is -0.0145. The van der Waals surface area contributed by atoms with Gasteiger partial charge in [-0.25, -0.2) is 4.79 Å². The Labute approximate surface area is 80.6 Å². The molecule has 1 rings (SSSR count). The molecule has 0 amide bonds. The van der Waals surface area contributed by atoms with Gasteiger partial charge in [-0.05, 0) is 30.2 Å². The molecule has 13 heavy (non-hydrogen) atoms. The van der Waals surface area contributed by atoms with E-state index in [2.05, 4.69) is 0 Å². The van der Waals surface area contributed by atoms with Crippen LogP contribution in [0.2, 0.25) is 5.02 Å². The fourth-order valence-corrected chi connectivity index (χ4v) is 1.31. The maximum Gasteiger partial charge on any atom is 0.335 e. The van der Waals surface area contributed by atoms with E-state index in [-0.39, 0.29) is 12.2 Å². The second-order valence-corrected chi connectivity index (χ2v) is 3.06. The lowest BCUT2D eigenvalue weighted by Crippen LogP contribution is -1.99. The summed E-state index contributed by atoms with van der Waals surface area (Å²) in [6, 6.07) is 4.53. The van der Waals surface area contributed by atoms with Gasteiger partial charge in [0.1, 0.15) is 0 Å². The molecule has 3 nitrogen and oxygen atoms in total. The first-order chi connectivity index (χ1) is 6.13. The maximum atomic E-state index is 10.6. The number of rotatable bonds is 3. The van der Waals surface area contributed by atoms with Gasteiger partial charge in [-0.2, -0.15) is 0 Å². The molecule has 0 unspecified atom stereocenters. The zero-order chi connectivity index (χ0) is 9.84. The van der Waals surface area contributed by atoms with E-state index in [1.54, 1.807) is 6.07 Å². The van der Waals surface area contributed by atoms with Gasteiger partial charge in [-0.3, -0.25) is 0 Å². The highest BCUT2D eigenvalue weighted by molar-refractivity contribution is 6.31. The zero-order valence-electron chi connectivity index (χ0n) is 6.83. The molecule has 0 aromatic heterocycles. The first kappa shape index (κ1) is 10.0. The molecule has 0 aliphatic rings. The molecule has 0 spiro atoms. The van der Waals surface area contributed by atoms with Gasteiger partial charge in [0.05, 0.1) is 5.56 Å². The molecule has 0 heterocycles. The largest absolute Gasteiger partial charge is 0.478 e. The van der Waals surface area contributed by atoms with E-state index < -0.39 is 5.97 Å². The molecule has 0 saturated heterocycles. The summed E-state index contributed by atoms with van der Waals surface area (Å²) in [4.78, 5) is 10.6. The highest BCUT2D eigenvalue weighted by atomic mass is 35.5. The van der Waals surface area contributed by atoms with Crippen molar-refractivity contribution in [1.82, 2.24) is 0 Å². The van der Waals surface area contributed by atoms with E-state index in [4.69, 9.17) is 21.8 Å². The molecule has 1 aromatic rings. The van der Waals surface area contributed by atoms with Crippen LogP contribution >= 0.6 is 11.6 Å². The summed E-state index contributed by atoms with van der Waals surface area (Å²) in [6.07, 6.45) is 0.417. The lowest BCUT2D eigenvalue weighted by atomic mass is 10.1. The van der Waals surface area contributed by atoms with Crippen molar-refractivity contribution < 1.29 is 15.0 Å². The number of carboxylic acid groups (broad SMARTS) is 1. The molecular formula is C9H9ClO3. The van der Waals surface area contributed by atoms with Crippen molar-refractivity contribution in [3.05, 3.63) is 34.3 Å². The molecule has 0 fully saturated rings. The molecule has 70 valence electrons. The van der Waals surface area contributed by atoms with Gasteiger partial charge >= 0.3 is 5.97 Å². The van der Waals surface area contributed by atoms with Crippen molar-refractivity contribution in [3.8, 4) is 0 Å². The summed E-state index contributed by atoms with van der Waals surface area (Å²) < 4.78 is 0. The van der Waals surface area contributed by atoms with E-state index in [1.807, 2.05) is 0 Å². The second kappa shape index (κ2) is 4.25. The predicted molar refractivity (Wildman–Crippen MR) is 49.2 cm³/mol. The third kappa shape index (κ3) is 2.72. The van der Waals surface area contributed by atoms with E-state index in [9.17, 15) is 4.79 Å². The fraction of sp³-hybridized carbons (Fsp3) is 0.222. The maximum absolute atomic E-state index is 10.6. The third-order valence-corrected chi connectivity index (χ3v) is 1.82. The van der Waals surface area contributed by atoms with Crippen molar-refractivity contribution in [1.29, 1.82) is 0 Å². The number of benzene rings is 1. The van der Waals surface area contributed by atoms with Crippen LogP contribution in [0.5, 0.6) is 0 Å². The van der Waals surface area contributed by atoms with Crippen molar-refractivity contribution in [2.75, 3.05) is 6.61 Å². The summed E-state index contributed by atoms with van der Waals surface area (Å²) in [5.74, 6) is -1.01. The van der Waals surface area contributed by atoms with Gasteiger partial charge in [-0.1, -0.05) is 11.6 Å². The predicted octanol–water partition coefficient (Wildman–Crippen LogP) is 1.57. The van der Waals surface area contributed by atoms with E-state index in [0.717, 1.165) is 5.56 Å². The first-order valence-electron chi connectivity index (χ1n) is 3.77. The molecule has 2 N–H and O–H groups in total. The summed E-state index contributed by atoms with van der Waals surface area (Å²) >= 11 is 5.68. The minimum atomic E-state index is -1.01. The molecule has 0 radical (unpaired) electrons. The second-order valence-electron chi connectivity index (χ2n) is 2.63. The monoisotopic (exact) mass is 200 g/mol. The molecule has 0 aliphatic heterocycles. The van der Waals surface area contributed by atoms with Crippen LogP contribution < -0.4 is 0 Å². The number of halogens is 1. The lowest BCUT2D eigenvalue weighted by Gasteiger charge is -2.01. The Hall–Kier alpha value is -1.06. The van der Waals surface area contributed by atoms with E-state index >= 15 is 0 Å². The zero-order valence-corrected chi connectivity index (χ0v) is 7.58. The Morgan fingerprint density at radius 1 is 1.38 bits per heavy atom. The van der Waals surface area contributed by atoms with Crippen LogP contribution in [0.25, 0.3) is 0 Å². The topological polar surface area (TPSA) is 57.5 Å². The quantitative estimate of drug-likeness (QED) is 0.779. The van der Waals surface area contributed by atoms with Gasteiger partial charge in [0.15, 0.2) is 0 Å².